The molecule has 124 valence electrons. The minimum Gasteiger partial charge on any atom is -0.257 e. The second-order valence-corrected chi connectivity index (χ2v) is 6.92. The van der Waals surface area contributed by atoms with E-state index in [4.69, 9.17) is 5.10 Å². The molecule has 1 atom stereocenters. The van der Waals surface area contributed by atoms with Gasteiger partial charge in [0.15, 0.2) is 0 Å². The van der Waals surface area contributed by atoms with Crippen molar-refractivity contribution in [1.29, 1.82) is 0 Å². The maximum Gasteiger partial charge on any atom is 0.125 e. The molecule has 25 heavy (non-hydrogen) atoms. The number of hydrazone groups is 1. The first-order chi connectivity index (χ1) is 12.2. The van der Waals surface area contributed by atoms with Crippen molar-refractivity contribution in [3.8, 4) is 0 Å². The van der Waals surface area contributed by atoms with E-state index >= 15 is 0 Å². The molecule has 0 amide bonds. The molecule has 0 fully saturated rings. The van der Waals surface area contributed by atoms with Gasteiger partial charge < -0.3 is 0 Å². The summed E-state index contributed by atoms with van der Waals surface area (Å²) < 4.78 is 14.8. The second-order valence-electron chi connectivity index (χ2n) is 6.01. The Morgan fingerprint density at radius 2 is 1.68 bits per heavy atom. The summed E-state index contributed by atoms with van der Waals surface area (Å²) in [6, 6.07) is 25.0. The van der Waals surface area contributed by atoms with Gasteiger partial charge in [-0.05, 0) is 41.5 Å². The summed E-state index contributed by atoms with van der Waals surface area (Å²) in [5.74, 6) is -0.254. The summed E-state index contributed by atoms with van der Waals surface area (Å²) in [6.07, 6.45) is 0.780. The average Bonchev–Trinajstić information content (AvgIpc) is 3.08. The number of halogens is 2. The van der Waals surface area contributed by atoms with Gasteiger partial charge in [-0.1, -0.05) is 64.5 Å². The highest BCUT2D eigenvalue weighted by molar-refractivity contribution is 9.10. The number of nitrogens with zero attached hydrogens (tertiary/aromatic N) is 2. The number of rotatable bonds is 3. The molecule has 0 aromatic heterocycles. The molecule has 3 aromatic rings. The Kier molecular flexibility index (Phi) is 4.36. The maximum atomic E-state index is 13.7. The van der Waals surface area contributed by atoms with Crippen molar-refractivity contribution < 1.29 is 4.39 Å². The minimum absolute atomic E-state index is 0.0464. The predicted octanol–water partition coefficient (Wildman–Crippen LogP) is 5.94. The highest BCUT2D eigenvalue weighted by Crippen LogP contribution is 2.37. The molecule has 0 saturated carbocycles. The normalized spacial score (nSPS) is 16.8. The van der Waals surface area contributed by atoms with E-state index in [1.165, 1.54) is 12.1 Å². The Hall–Kier alpha value is -2.46. The fourth-order valence-corrected chi connectivity index (χ4v) is 3.38. The lowest BCUT2D eigenvalue weighted by atomic mass is 9.98. The summed E-state index contributed by atoms with van der Waals surface area (Å²) in [5.41, 5.74) is 4.03. The van der Waals surface area contributed by atoms with Crippen molar-refractivity contribution in [2.75, 3.05) is 5.01 Å². The molecule has 0 radical (unpaired) electrons. The zero-order valence-corrected chi connectivity index (χ0v) is 15.0. The molecular formula is C21H16BrFN2. The van der Waals surface area contributed by atoms with Crippen LogP contribution in [0.15, 0.2) is 88.4 Å². The van der Waals surface area contributed by atoms with Crippen molar-refractivity contribution in [2.45, 2.75) is 12.5 Å². The van der Waals surface area contributed by atoms with Crippen LogP contribution in [-0.2, 0) is 0 Å². The van der Waals surface area contributed by atoms with Crippen LogP contribution in [0.1, 0.15) is 23.6 Å². The Bertz CT molecular complexity index is 907. The standard InChI is InChI=1S/C21H16BrFN2/c22-17-11-9-16(10-12-17)21-14-20(15-5-2-1-3-6-15)24-25(21)19-8-4-7-18(23)13-19/h1-13,21H,14H2/t21-/m1/s1. The van der Waals surface area contributed by atoms with Crippen molar-refractivity contribution in [2.24, 2.45) is 5.10 Å². The maximum absolute atomic E-state index is 13.7. The molecule has 1 aliphatic rings. The lowest BCUT2D eigenvalue weighted by Crippen LogP contribution is -2.18. The molecule has 0 unspecified atom stereocenters. The van der Waals surface area contributed by atoms with Gasteiger partial charge in [0.1, 0.15) is 5.82 Å². The van der Waals surface area contributed by atoms with Crippen LogP contribution in [0.3, 0.4) is 0 Å². The van der Waals surface area contributed by atoms with E-state index < -0.39 is 0 Å². The molecule has 4 rings (SSSR count). The molecule has 0 saturated heterocycles. The molecular weight excluding hydrogens is 379 g/mol. The van der Waals surface area contributed by atoms with Gasteiger partial charge in [0.25, 0.3) is 0 Å². The molecule has 1 aliphatic heterocycles. The third-order valence-corrected chi connectivity index (χ3v) is 4.87. The predicted molar refractivity (Wildman–Crippen MR) is 103 cm³/mol. The largest absolute Gasteiger partial charge is 0.257 e. The van der Waals surface area contributed by atoms with Gasteiger partial charge in [0.2, 0.25) is 0 Å². The highest BCUT2D eigenvalue weighted by atomic mass is 79.9. The SMILES string of the molecule is Fc1cccc(N2N=C(c3ccccc3)C[C@@H]2c2ccc(Br)cc2)c1. The monoisotopic (exact) mass is 394 g/mol. The fourth-order valence-electron chi connectivity index (χ4n) is 3.12. The third-order valence-electron chi connectivity index (χ3n) is 4.34. The average molecular weight is 395 g/mol. The van der Waals surface area contributed by atoms with Gasteiger partial charge in [-0.15, -0.1) is 0 Å². The van der Waals surface area contributed by atoms with E-state index in [1.807, 2.05) is 41.4 Å². The van der Waals surface area contributed by atoms with Gasteiger partial charge in [0, 0.05) is 10.9 Å². The first-order valence-electron chi connectivity index (χ1n) is 8.14. The van der Waals surface area contributed by atoms with Crippen LogP contribution in [-0.4, -0.2) is 5.71 Å². The Balaban J connectivity index is 1.76. The van der Waals surface area contributed by atoms with Crippen LogP contribution >= 0.6 is 15.9 Å². The van der Waals surface area contributed by atoms with Gasteiger partial charge in [0.05, 0.1) is 17.4 Å². The quantitative estimate of drug-likeness (QED) is 0.536. The summed E-state index contributed by atoms with van der Waals surface area (Å²) in [6.45, 7) is 0. The zero-order valence-electron chi connectivity index (χ0n) is 13.4. The van der Waals surface area contributed by atoms with Gasteiger partial charge in [-0.25, -0.2) is 4.39 Å². The van der Waals surface area contributed by atoms with E-state index in [9.17, 15) is 4.39 Å². The molecule has 3 aromatic carbocycles. The molecule has 2 nitrogen and oxygen atoms in total. The topological polar surface area (TPSA) is 15.6 Å². The first kappa shape index (κ1) is 16.0. The Labute approximate surface area is 154 Å². The highest BCUT2D eigenvalue weighted by Gasteiger charge is 2.30. The van der Waals surface area contributed by atoms with Crippen LogP contribution in [0, 0.1) is 5.82 Å². The van der Waals surface area contributed by atoms with Gasteiger partial charge >= 0.3 is 0 Å². The Morgan fingerprint density at radius 1 is 0.920 bits per heavy atom. The minimum atomic E-state index is -0.254. The molecule has 0 N–H and O–H groups in total. The van der Waals surface area contributed by atoms with Crippen molar-refractivity contribution in [3.63, 3.8) is 0 Å². The van der Waals surface area contributed by atoms with Gasteiger partial charge in [-0.2, -0.15) is 5.10 Å². The number of anilines is 1. The van der Waals surface area contributed by atoms with E-state index in [-0.39, 0.29) is 11.9 Å². The smallest absolute Gasteiger partial charge is 0.125 e. The van der Waals surface area contributed by atoms with Gasteiger partial charge in [-0.3, -0.25) is 5.01 Å². The molecule has 1 heterocycles. The van der Waals surface area contributed by atoms with Crippen molar-refractivity contribution in [1.82, 2.24) is 0 Å². The second kappa shape index (κ2) is 6.81. The van der Waals surface area contributed by atoms with E-state index in [0.29, 0.717) is 0 Å². The summed E-state index contributed by atoms with van der Waals surface area (Å²) >= 11 is 3.48. The summed E-state index contributed by atoms with van der Waals surface area (Å²) in [5, 5.41) is 6.75. The molecule has 4 heteroatoms. The third kappa shape index (κ3) is 3.35. The molecule has 0 spiro atoms. The summed E-state index contributed by atoms with van der Waals surface area (Å²) in [4.78, 5) is 0. The zero-order chi connectivity index (χ0) is 17.2. The van der Waals surface area contributed by atoms with Crippen LogP contribution in [0.5, 0.6) is 0 Å². The summed E-state index contributed by atoms with van der Waals surface area (Å²) in [7, 11) is 0. The van der Waals surface area contributed by atoms with E-state index in [2.05, 4.69) is 40.2 Å². The lowest BCUT2D eigenvalue weighted by Gasteiger charge is -2.24. The number of hydrogen-bond donors (Lipinski definition) is 0. The number of benzene rings is 3. The Morgan fingerprint density at radius 3 is 2.40 bits per heavy atom. The van der Waals surface area contributed by atoms with Crippen molar-refractivity contribution >= 4 is 27.3 Å². The fraction of sp³-hybridized carbons (Fsp3) is 0.0952. The van der Waals surface area contributed by atoms with Crippen LogP contribution in [0.2, 0.25) is 0 Å². The number of hydrogen-bond acceptors (Lipinski definition) is 2. The van der Waals surface area contributed by atoms with Crippen LogP contribution in [0.4, 0.5) is 10.1 Å². The van der Waals surface area contributed by atoms with Crippen LogP contribution < -0.4 is 5.01 Å². The van der Waals surface area contributed by atoms with E-state index in [1.54, 1.807) is 6.07 Å². The van der Waals surface area contributed by atoms with Crippen LogP contribution in [0.25, 0.3) is 0 Å². The lowest BCUT2D eigenvalue weighted by molar-refractivity contribution is 0.624. The molecule has 0 bridgehead atoms. The van der Waals surface area contributed by atoms with Crippen molar-refractivity contribution in [3.05, 3.63) is 100 Å². The molecule has 0 aliphatic carbocycles. The first-order valence-corrected chi connectivity index (χ1v) is 8.93. The van der Waals surface area contributed by atoms with E-state index in [0.717, 1.165) is 33.4 Å².